The van der Waals surface area contributed by atoms with E-state index in [1.54, 1.807) is 54.6 Å². The molecule has 0 radical (unpaired) electrons. The average molecular weight is 900 g/mol. The Kier molecular flexibility index (Phi) is 14.7. The first-order valence-corrected chi connectivity index (χ1v) is 21.0. The Morgan fingerprint density at radius 3 is 1.92 bits per heavy atom. The number of ether oxygens (including phenoxy) is 7. The predicted octanol–water partition coefficient (Wildman–Crippen LogP) is 8.72. The van der Waals surface area contributed by atoms with Crippen molar-refractivity contribution in [3.63, 3.8) is 0 Å². The number of benzene rings is 5. The van der Waals surface area contributed by atoms with E-state index in [-0.39, 0.29) is 31.2 Å². The van der Waals surface area contributed by atoms with Gasteiger partial charge in [0.15, 0.2) is 24.1 Å². The third-order valence-electron chi connectivity index (χ3n) is 10.7. The SMILES string of the molecule is CC(=O)OC[C@H]1OC(c2ccc(-c3ccc([C@@H]4C(=CCC(=O)c5ccc(F)cc5)OC(=O)N4c4ccccc4)c(OCc4ccccc4)c3)cc2)[C@H](OC(C)=O)[C@@H](OC(C)=O)[C@@H]1OC(C)=O. The van der Waals surface area contributed by atoms with Gasteiger partial charge in [-0.25, -0.2) is 9.18 Å². The minimum atomic E-state index is -1.34. The van der Waals surface area contributed by atoms with Gasteiger partial charge in [0, 0.05) is 50.9 Å². The van der Waals surface area contributed by atoms with Crippen molar-refractivity contribution in [2.75, 3.05) is 11.5 Å². The van der Waals surface area contributed by atoms with Crippen LogP contribution in [-0.2, 0) is 54.2 Å². The van der Waals surface area contributed by atoms with E-state index in [9.17, 15) is 33.2 Å². The smallest absolute Gasteiger partial charge is 0.420 e. The zero-order valence-electron chi connectivity index (χ0n) is 36.4. The van der Waals surface area contributed by atoms with E-state index >= 15 is 0 Å². The number of ketones is 1. The van der Waals surface area contributed by atoms with Crippen LogP contribution < -0.4 is 9.64 Å². The Balaban J connectivity index is 1.27. The van der Waals surface area contributed by atoms with E-state index in [0.29, 0.717) is 39.3 Å². The number of para-hydroxylation sites is 1. The summed E-state index contributed by atoms with van der Waals surface area (Å²) in [6.07, 6.45) is -5.40. The van der Waals surface area contributed by atoms with Gasteiger partial charge in [0.1, 0.15) is 48.8 Å². The molecule has 0 N–H and O–H groups in total. The minimum absolute atomic E-state index is 0.141. The van der Waals surface area contributed by atoms with Gasteiger partial charge in [0.05, 0.1) is 0 Å². The first kappa shape index (κ1) is 46.3. The summed E-state index contributed by atoms with van der Waals surface area (Å²) in [5.74, 6) is -3.01. The maximum absolute atomic E-state index is 13.8. The molecule has 2 aliphatic heterocycles. The minimum Gasteiger partial charge on any atom is -0.489 e. The second-order valence-electron chi connectivity index (χ2n) is 15.5. The molecule has 5 aromatic rings. The molecule has 0 bridgehead atoms. The van der Waals surface area contributed by atoms with Crippen molar-refractivity contribution in [3.8, 4) is 16.9 Å². The lowest BCUT2D eigenvalue weighted by molar-refractivity contribution is -0.254. The van der Waals surface area contributed by atoms with Gasteiger partial charge < -0.3 is 33.2 Å². The summed E-state index contributed by atoms with van der Waals surface area (Å²) < 4.78 is 54.6. The van der Waals surface area contributed by atoms with Gasteiger partial charge in [-0.15, -0.1) is 0 Å². The summed E-state index contributed by atoms with van der Waals surface area (Å²) >= 11 is 0. The van der Waals surface area contributed by atoms with Crippen molar-refractivity contribution < 1.29 is 66.3 Å². The van der Waals surface area contributed by atoms with E-state index in [0.717, 1.165) is 19.4 Å². The number of halogens is 1. The van der Waals surface area contributed by atoms with Crippen LogP contribution in [0.4, 0.5) is 14.9 Å². The molecule has 0 saturated carbocycles. The molecule has 2 saturated heterocycles. The third kappa shape index (κ3) is 11.2. The lowest BCUT2D eigenvalue weighted by Gasteiger charge is -2.44. The highest BCUT2D eigenvalue weighted by molar-refractivity contribution is 5.97. The number of nitrogens with zero attached hydrogens (tertiary/aromatic N) is 1. The molecule has 66 heavy (non-hydrogen) atoms. The molecule has 0 aromatic heterocycles. The highest BCUT2D eigenvalue weighted by Crippen LogP contribution is 2.45. The van der Waals surface area contributed by atoms with E-state index in [4.69, 9.17) is 33.2 Å². The van der Waals surface area contributed by atoms with Crippen LogP contribution in [0.5, 0.6) is 5.75 Å². The van der Waals surface area contributed by atoms with Gasteiger partial charge in [-0.2, -0.15) is 0 Å². The van der Waals surface area contributed by atoms with E-state index in [2.05, 4.69) is 0 Å². The highest BCUT2D eigenvalue weighted by atomic mass is 19.1. The van der Waals surface area contributed by atoms with E-state index in [1.807, 2.05) is 54.6 Å². The summed E-state index contributed by atoms with van der Waals surface area (Å²) in [4.78, 5) is 77.5. The number of anilines is 1. The van der Waals surface area contributed by atoms with Gasteiger partial charge in [0.25, 0.3) is 0 Å². The van der Waals surface area contributed by atoms with Crippen molar-refractivity contribution in [1.29, 1.82) is 0 Å². The molecule has 2 aliphatic rings. The van der Waals surface area contributed by atoms with Crippen molar-refractivity contribution in [2.24, 2.45) is 0 Å². The molecule has 0 spiro atoms. The van der Waals surface area contributed by atoms with Crippen molar-refractivity contribution in [1.82, 2.24) is 0 Å². The fraction of sp³-hybridized carbons (Fsp3) is 0.255. The van der Waals surface area contributed by atoms with Gasteiger partial charge in [-0.05, 0) is 70.8 Å². The molecule has 7 rings (SSSR count). The van der Waals surface area contributed by atoms with Crippen LogP contribution in [0.25, 0.3) is 11.1 Å². The maximum Gasteiger partial charge on any atom is 0.420 e. The first-order valence-electron chi connectivity index (χ1n) is 21.0. The highest BCUT2D eigenvalue weighted by Gasteiger charge is 2.52. The monoisotopic (exact) mass is 899 g/mol. The summed E-state index contributed by atoms with van der Waals surface area (Å²) in [5.41, 5.74) is 4.16. The lowest BCUT2D eigenvalue weighted by atomic mass is 9.89. The lowest BCUT2D eigenvalue weighted by Crippen LogP contribution is -2.59. The Hall–Kier alpha value is -7.65. The molecule has 1 amide bonds. The number of carbonyl (C=O) groups excluding carboxylic acids is 6. The number of allylic oxidation sites excluding steroid dienone is 1. The number of cyclic esters (lactones) is 1. The number of hydrogen-bond acceptors (Lipinski definition) is 13. The van der Waals surface area contributed by atoms with Crippen LogP contribution in [0.1, 0.15) is 73.3 Å². The molecule has 14 nitrogen and oxygen atoms in total. The Morgan fingerprint density at radius 2 is 1.29 bits per heavy atom. The number of amides is 1. The number of esters is 4. The zero-order valence-corrected chi connectivity index (χ0v) is 36.4. The van der Waals surface area contributed by atoms with Gasteiger partial charge >= 0.3 is 30.0 Å². The van der Waals surface area contributed by atoms with Gasteiger partial charge in [0.2, 0.25) is 0 Å². The predicted molar refractivity (Wildman–Crippen MR) is 235 cm³/mol. The van der Waals surface area contributed by atoms with Crippen LogP contribution in [-0.4, -0.2) is 66.8 Å². The molecule has 15 heteroatoms. The molecule has 0 aliphatic carbocycles. The topological polar surface area (TPSA) is 170 Å². The fourth-order valence-corrected chi connectivity index (χ4v) is 7.84. The Bertz CT molecular complexity index is 2600. The molecule has 2 heterocycles. The molecule has 6 atom stereocenters. The molecule has 1 unspecified atom stereocenters. The number of hydrogen-bond donors (Lipinski definition) is 0. The summed E-state index contributed by atoms with van der Waals surface area (Å²) in [6.45, 7) is 4.48. The summed E-state index contributed by atoms with van der Waals surface area (Å²) in [6, 6.07) is 35.3. The van der Waals surface area contributed by atoms with E-state index in [1.165, 1.54) is 43.0 Å². The summed E-state index contributed by atoms with van der Waals surface area (Å²) in [5, 5.41) is 0. The summed E-state index contributed by atoms with van der Waals surface area (Å²) in [7, 11) is 0. The number of carbonyl (C=O) groups is 6. The van der Waals surface area contributed by atoms with Crippen LogP contribution in [0.2, 0.25) is 0 Å². The zero-order chi connectivity index (χ0) is 46.9. The van der Waals surface area contributed by atoms with Crippen LogP contribution in [0, 0.1) is 5.82 Å². The molecule has 5 aromatic carbocycles. The van der Waals surface area contributed by atoms with Crippen molar-refractivity contribution in [2.45, 2.75) is 77.3 Å². The molecule has 340 valence electrons. The van der Waals surface area contributed by atoms with Crippen molar-refractivity contribution in [3.05, 3.63) is 167 Å². The van der Waals surface area contributed by atoms with Crippen LogP contribution >= 0.6 is 0 Å². The van der Waals surface area contributed by atoms with Crippen LogP contribution in [0.15, 0.2) is 139 Å². The average Bonchev–Trinajstić information content (AvgIpc) is 3.63. The normalized spacial score (nSPS) is 20.8. The second kappa shape index (κ2) is 20.9. The molecular weight excluding hydrogens is 854 g/mol. The third-order valence-corrected chi connectivity index (χ3v) is 10.7. The van der Waals surface area contributed by atoms with Crippen LogP contribution in [0.3, 0.4) is 0 Å². The number of Topliss-reactive ketones (excluding diaryl/α,β-unsaturated/α-hetero) is 1. The Morgan fingerprint density at radius 1 is 0.682 bits per heavy atom. The van der Waals surface area contributed by atoms with E-state index < -0.39 is 72.3 Å². The largest absolute Gasteiger partial charge is 0.489 e. The molecule has 2 fully saturated rings. The maximum atomic E-state index is 13.8. The van der Waals surface area contributed by atoms with Gasteiger partial charge in [-0.3, -0.25) is 28.9 Å². The van der Waals surface area contributed by atoms with Crippen molar-refractivity contribution >= 4 is 41.4 Å². The quantitative estimate of drug-likeness (QED) is 0.0556. The fourth-order valence-electron chi connectivity index (χ4n) is 7.84. The van der Waals surface area contributed by atoms with Gasteiger partial charge in [-0.1, -0.05) is 84.9 Å². The standard InChI is InChI=1S/C51H46FNO13/c1-30(54)60-29-45-48(62-31(2)55)50(64-33(4)57)49(63-32(3)56)47(65-45)37-17-15-35(16-18-37)38-21-24-41(44(27-38)61-28-34-11-7-5-8-12-34)46-43(26-25-42(58)36-19-22-39(52)23-20-36)66-51(59)53(46)40-13-9-6-10-14-40/h5-24,26-27,45-50H,25,28-29H2,1-4H3/t45-,46-,47?,48-,49+,50+/m1/s1. The molecular formula is C51H46FNO13. The second-order valence-corrected chi connectivity index (χ2v) is 15.5. The number of rotatable bonds is 15. The first-order chi connectivity index (χ1) is 31.7. The Labute approximate surface area is 379 Å².